The Bertz CT molecular complexity index is 2780. The topological polar surface area (TPSA) is 361 Å². The highest BCUT2D eigenvalue weighted by Gasteiger charge is 2.45. The zero-order valence-electron chi connectivity index (χ0n) is 37.1. The number of benzene rings is 3. The van der Waals surface area contributed by atoms with Crippen LogP contribution in [-0.2, 0) is 51.7 Å². The van der Waals surface area contributed by atoms with Crippen molar-refractivity contribution in [1.29, 1.82) is 0 Å². The van der Waals surface area contributed by atoms with Gasteiger partial charge in [0.25, 0.3) is 10.1 Å². The Morgan fingerprint density at radius 1 is 0.884 bits per heavy atom. The van der Waals surface area contributed by atoms with Crippen molar-refractivity contribution in [2.24, 2.45) is 10.5 Å². The summed E-state index contributed by atoms with van der Waals surface area (Å²) in [6.07, 6.45) is 1.82. The molecule has 24 heteroatoms. The highest BCUT2D eigenvalue weighted by atomic mass is 32.2. The molecule has 0 saturated heterocycles. The summed E-state index contributed by atoms with van der Waals surface area (Å²) in [5.41, 5.74) is 3.06. The number of anilines is 2. The molecule has 5 aromatic rings. The van der Waals surface area contributed by atoms with Crippen molar-refractivity contribution in [3.8, 4) is 5.75 Å². The maximum absolute atomic E-state index is 14.5. The standard InChI is InChI=1S/C45H50N10O13S/c1-45(2,41(44(64)65)47-18-6-17-46-30-9-5-10-35(69(66,67)68)29(30)23-50-55-36-16-13-27(25-56)22-48-36)42(62)33(19-26-11-14-28(57)15-12-26)54-43(63)34(20-40(60)61)53-39(59)24-49-38(58)21-37-51-31-7-3-4-8-32(31)52-37/h3-5,7-16,22-23,25,33-34,41,46-47,57H,6,17-21,24H2,1-2H3,(H,48,55)(H,49,58)(H,51,52)(H,53,59)(H,54,63)(H,60,61)(H,64,65)(H,66,67,68)/t33-,34+,41-/m1/s1. The van der Waals surface area contributed by atoms with E-state index in [1.807, 2.05) is 0 Å². The Hall–Kier alpha value is -8.09. The lowest BCUT2D eigenvalue weighted by Gasteiger charge is -2.34. The van der Waals surface area contributed by atoms with Gasteiger partial charge in [0.1, 0.15) is 34.4 Å². The van der Waals surface area contributed by atoms with Crippen LogP contribution in [-0.4, -0.2) is 129 Å². The molecule has 5 rings (SSSR count). The number of carbonyl (C=O) groups excluding carboxylic acids is 5. The van der Waals surface area contributed by atoms with Gasteiger partial charge in [0, 0.05) is 29.6 Å². The van der Waals surface area contributed by atoms with Crippen LogP contribution >= 0.6 is 0 Å². The number of pyridine rings is 1. The van der Waals surface area contributed by atoms with Gasteiger partial charge in [-0.25, -0.2) is 9.97 Å². The van der Waals surface area contributed by atoms with Crippen LogP contribution in [0.3, 0.4) is 0 Å². The summed E-state index contributed by atoms with van der Waals surface area (Å²) in [7, 11) is -4.73. The van der Waals surface area contributed by atoms with Crippen molar-refractivity contribution in [1.82, 2.24) is 36.2 Å². The van der Waals surface area contributed by atoms with Crippen molar-refractivity contribution < 1.29 is 61.9 Å². The van der Waals surface area contributed by atoms with Gasteiger partial charge in [-0.2, -0.15) is 13.5 Å². The predicted molar refractivity (Wildman–Crippen MR) is 249 cm³/mol. The van der Waals surface area contributed by atoms with E-state index in [1.54, 1.807) is 24.3 Å². The number of hydrogen-bond acceptors (Lipinski definition) is 16. The molecule has 0 spiro atoms. The first-order chi connectivity index (χ1) is 32.7. The number of phenols is 1. The zero-order chi connectivity index (χ0) is 50.3. The number of fused-ring (bicyclic) bond motifs is 1. The molecule has 23 nitrogen and oxygen atoms in total. The Balaban J connectivity index is 1.24. The van der Waals surface area contributed by atoms with E-state index in [0.717, 1.165) is 12.3 Å². The number of hydrazone groups is 1. The fourth-order valence-corrected chi connectivity index (χ4v) is 7.71. The number of ketones is 1. The molecule has 0 aliphatic heterocycles. The monoisotopic (exact) mass is 970 g/mol. The molecule has 0 aliphatic rings. The fraction of sp³-hybridized carbons (Fsp3) is 0.289. The maximum Gasteiger partial charge on any atom is 0.321 e. The predicted octanol–water partition coefficient (Wildman–Crippen LogP) is 1.65. The third-order valence-electron chi connectivity index (χ3n) is 10.5. The first-order valence-electron chi connectivity index (χ1n) is 21.1. The van der Waals surface area contributed by atoms with Crippen LogP contribution in [0.15, 0.2) is 95.1 Å². The zero-order valence-corrected chi connectivity index (χ0v) is 37.9. The highest BCUT2D eigenvalue weighted by Crippen LogP contribution is 2.27. The number of hydrogen-bond donors (Lipinski definition) is 11. The van der Waals surface area contributed by atoms with E-state index in [2.05, 4.69) is 52.1 Å². The van der Waals surface area contributed by atoms with E-state index in [0.29, 0.717) is 34.3 Å². The Morgan fingerprint density at radius 2 is 1.62 bits per heavy atom. The molecular formula is C45H50N10O13S. The minimum Gasteiger partial charge on any atom is -0.508 e. The third kappa shape index (κ3) is 15.0. The summed E-state index contributed by atoms with van der Waals surface area (Å²) in [4.78, 5) is 100. The van der Waals surface area contributed by atoms with Crippen LogP contribution in [0, 0.1) is 5.41 Å². The normalized spacial score (nSPS) is 12.9. The lowest BCUT2D eigenvalue weighted by Crippen LogP contribution is -2.59. The second-order valence-electron chi connectivity index (χ2n) is 16.1. The number of nitrogens with zero attached hydrogens (tertiary/aromatic N) is 3. The molecule has 0 radical (unpaired) electrons. The summed E-state index contributed by atoms with van der Waals surface area (Å²) in [5, 5.41) is 47.0. The number of para-hydroxylation sites is 2. The van der Waals surface area contributed by atoms with Gasteiger partial charge in [0.2, 0.25) is 17.7 Å². The van der Waals surface area contributed by atoms with E-state index < -0.39 is 87.0 Å². The SMILES string of the molecule is CC(C)(C(=O)[C@@H](Cc1ccc(O)cc1)NC(=O)[C@H](CC(=O)O)NC(=O)CNC(=O)Cc1nc2ccccc2[nH]1)[C@H](NCCCNc1cccc(S(=O)(=O)O)c1C=NNc1ccc(C=O)cn1)C(=O)O. The first-order valence-corrected chi connectivity index (χ1v) is 22.5. The number of phenolic OH excluding ortho intramolecular Hbond substituents is 1. The lowest BCUT2D eigenvalue weighted by molar-refractivity contribution is -0.148. The van der Waals surface area contributed by atoms with Gasteiger partial charge in [-0.1, -0.05) is 44.2 Å². The van der Waals surface area contributed by atoms with Crippen LogP contribution < -0.4 is 32.0 Å². The number of aromatic hydroxyl groups is 1. The van der Waals surface area contributed by atoms with Crippen LogP contribution in [0.25, 0.3) is 11.0 Å². The number of carboxylic acid groups (broad SMARTS) is 2. The molecule has 2 aromatic heterocycles. The molecule has 11 N–H and O–H groups in total. The van der Waals surface area contributed by atoms with E-state index >= 15 is 0 Å². The molecule has 3 atom stereocenters. The number of aromatic nitrogens is 3. The number of amides is 3. The number of carbonyl (C=O) groups is 7. The van der Waals surface area contributed by atoms with Gasteiger partial charge in [-0.15, -0.1) is 0 Å². The van der Waals surface area contributed by atoms with E-state index in [4.69, 9.17) is 0 Å². The average Bonchev–Trinajstić information content (AvgIpc) is 3.71. The number of aliphatic carboxylic acids is 2. The van der Waals surface area contributed by atoms with Gasteiger partial charge in [0.15, 0.2) is 12.1 Å². The number of H-pyrrole nitrogens is 1. The smallest absolute Gasteiger partial charge is 0.321 e. The lowest BCUT2D eigenvalue weighted by atomic mass is 9.76. The Morgan fingerprint density at radius 3 is 2.28 bits per heavy atom. The largest absolute Gasteiger partial charge is 0.508 e. The number of carboxylic acids is 2. The van der Waals surface area contributed by atoms with Crippen molar-refractivity contribution in [2.45, 2.75) is 62.6 Å². The summed E-state index contributed by atoms with van der Waals surface area (Å²) in [6, 6.07) is 14.8. The quantitative estimate of drug-likeness (QED) is 0.0123. The van der Waals surface area contributed by atoms with Crippen molar-refractivity contribution in [3.63, 3.8) is 0 Å². The molecule has 0 unspecified atom stereocenters. The maximum atomic E-state index is 14.5. The number of aromatic amines is 1. The molecular weight excluding hydrogens is 921 g/mol. The van der Waals surface area contributed by atoms with Crippen LogP contribution in [0.5, 0.6) is 5.75 Å². The molecule has 0 aliphatic carbocycles. The molecule has 2 heterocycles. The van der Waals surface area contributed by atoms with Crippen LogP contribution in [0.1, 0.15) is 54.0 Å². The summed E-state index contributed by atoms with van der Waals surface area (Å²) in [5.74, 6) is -5.89. The second kappa shape index (κ2) is 23.6. The summed E-state index contributed by atoms with van der Waals surface area (Å²) in [6.45, 7) is 2.11. The van der Waals surface area contributed by atoms with Crippen molar-refractivity contribution in [2.75, 3.05) is 30.4 Å². The van der Waals surface area contributed by atoms with Gasteiger partial charge in [0.05, 0.1) is 48.1 Å². The minimum absolute atomic E-state index is 0.0252. The third-order valence-corrected chi connectivity index (χ3v) is 11.4. The van der Waals surface area contributed by atoms with Crippen LogP contribution in [0.4, 0.5) is 11.5 Å². The number of aldehydes is 1. The van der Waals surface area contributed by atoms with Crippen molar-refractivity contribution in [3.05, 3.63) is 108 Å². The molecule has 364 valence electrons. The number of imidazole rings is 1. The number of rotatable bonds is 26. The van der Waals surface area contributed by atoms with Crippen molar-refractivity contribution >= 4 is 80.6 Å². The number of nitrogens with one attached hydrogen (secondary N) is 7. The number of Topliss-reactive ketones (excluding diaryl/α,β-unsaturated/α-hetero) is 1. The molecule has 3 amide bonds. The first kappa shape index (κ1) is 51.9. The van der Waals surface area contributed by atoms with Gasteiger partial charge in [-0.05, 0) is 73.5 Å². The molecule has 0 saturated carbocycles. The van der Waals surface area contributed by atoms with Crippen LogP contribution in [0.2, 0.25) is 0 Å². The Kier molecular flexibility index (Phi) is 17.7. The minimum atomic E-state index is -4.73. The van der Waals surface area contributed by atoms with E-state index in [-0.39, 0.29) is 55.2 Å². The van der Waals surface area contributed by atoms with E-state index in [1.165, 1.54) is 68.6 Å². The van der Waals surface area contributed by atoms with Gasteiger partial charge in [-0.3, -0.25) is 43.5 Å². The van der Waals surface area contributed by atoms with Gasteiger partial charge >= 0.3 is 11.9 Å². The molecule has 3 aromatic carbocycles. The van der Waals surface area contributed by atoms with Gasteiger partial charge < -0.3 is 46.9 Å². The Labute approximate surface area is 394 Å². The fourth-order valence-electron chi connectivity index (χ4n) is 7.02. The second-order valence-corrected chi connectivity index (χ2v) is 17.4. The average molecular weight is 971 g/mol. The molecule has 69 heavy (non-hydrogen) atoms. The molecule has 0 bridgehead atoms. The highest BCUT2D eigenvalue weighted by molar-refractivity contribution is 7.86. The summed E-state index contributed by atoms with van der Waals surface area (Å²) >= 11 is 0. The van der Waals surface area contributed by atoms with E-state index in [9.17, 15) is 61.9 Å². The summed E-state index contributed by atoms with van der Waals surface area (Å²) < 4.78 is 34.4. The molecule has 0 fully saturated rings.